The number of hydrogen-bond acceptors (Lipinski definition) is 5. The number of hydrogen-bond donors (Lipinski definition) is 2. The minimum absolute atomic E-state index is 0.0931. The second kappa shape index (κ2) is 8.02. The lowest BCUT2D eigenvalue weighted by Crippen LogP contribution is -2.63. The zero-order chi connectivity index (χ0) is 19.5. The van der Waals surface area contributed by atoms with Crippen LogP contribution in [0.2, 0.25) is 0 Å². The highest BCUT2D eigenvalue weighted by molar-refractivity contribution is 6.09. The Kier molecular flexibility index (Phi) is 5.30. The van der Waals surface area contributed by atoms with Gasteiger partial charge in [0.25, 0.3) is 0 Å². The van der Waals surface area contributed by atoms with Crippen LogP contribution in [0.4, 0.5) is 0 Å². The molecule has 0 bridgehead atoms. The van der Waals surface area contributed by atoms with Gasteiger partial charge in [0.2, 0.25) is 5.91 Å². The van der Waals surface area contributed by atoms with Gasteiger partial charge in [-0.2, -0.15) is 0 Å². The lowest BCUT2D eigenvalue weighted by atomic mass is 9.67. The minimum Gasteiger partial charge on any atom is -0.340 e. The normalized spacial score (nSPS) is 29.9. The highest BCUT2D eigenvalue weighted by Gasteiger charge is 2.48. The summed E-state index contributed by atoms with van der Waals surface area (Å²) in [6.45, 7) is 3.07. The molecule has 2 N–H and O–H groups in total. The molecule has 144 valence electrons. The van der Waals surface area contributed by atoms with Gasteiger partial charge in [-0.05, 0) is 36.6 Å². The molecule has 2 aromatic rings. The minimum atomic E-state index is -0.739. The largest absolute Gasteiger partial charge is 0.340 e. The number of nitrogens with one attached hydrogen (secondary N) is 2. The van der Waals surface area contributed by atoms with Crippen molar-refractivity contribution < 1.29 is 9.59 Å². The van der Waals surface area contributed by atoms with E-state index < -0.39 is 5.92 Å². The van der Waals surface area contributed by atoms with E-state index in [0.29, 0.717) is 5.92 Å². The number of aromatic nitrogens is 2. The van der Waals surface area contributed by atoms with Crippen molar-refractivity contribution >= 4 is 17.8 Å². The van der Waals surface area contributed by atoms with Gasteiger partial charge in [-0.3, -0.25) is 14.9 Å². The van der Waals surface area contributed by atoms with Crippen molar-refractivity contribution in [3.05, 3.63) is 66.3 Å². The maximum atomic E-state index is 13.1. The molecule has 0 saturated carbocycles. The number of carbonyl (C=O) groups excluding carboxylic acids is 2. The van der Waals surface area contributed by atoms with Crippen LogP contribution in [0, 0.1) is 17.8 Å². The lowest BCUT2D eigenvalue weighted by molar-refractivity contribution is -0.138. The Morgan fingerprint density at radius 2 is 1.93 bits per heavy atom. The lowest BCUT2D eigenvalue weighted by Gasteiger charge is -2.47. The van der Waals surface area contributed by atoms with E-state index in [1.807, 2.05) is 30.3 Å². The van der Waals surface area contributed by atoms with Gasteiger partial charge in [0.05, 0.1) is 6.17 Å². The van der Waals surface area contributed by atoms with Crippen LogP contribution in [0.15, 0.2) is 55.1 Å². The van der Waals surface area contributed by atoms with Crippen molar-refractivity contribution in [3.8, 4) is 0 Å². The molecule has 5 atom stereocenters. The Bertz CT molecular complexity index is 869. The van der Waals surface area contributed by atoms with Crippen LogP contribution in [0.1, 0.15) is 30.4 Å². The molecule has 2 fully saturated rings. The van der Waals surface area contributed by atoms with Crippen molar-refractivity contribution in [3.63, 3.8) is 0 Å². The first kappa shape index (κ1) is 18.5. The first-order chi connectivity index (χ1) is 13.6. The van der Waals surface area contributed by atoms with Gasteiger partial charge >= 0.3 is 0 Å². The number of rotatable bonds is 4. The van der Waals surface area contributed by atoms with Crippen LogP contribution in [0.5, 0.6) is 0 Å². The molecule has 0 radical (unpaired) electrons. The predicted molar refractivity (Wildman–Crippen MR) is 106 cm³/mol. The fraction of sp³-hybridized carbons (Fsp3) is 0.364. The molecule has 28 heavy (non-hydrogen) atoms. The summed E-state index contributed by atoms with van der Waals surface area (Å²) in [5.74, 6) is -0.625. The number of allylic oxidation sites excluding steroid dienone is 1. The average Bonchev–Trinajstić information content (AvgIpc) is 2.73. The molecule has 2 aliphatic heterocycles. The van der Waals surface area contributed by atoms with Crippen LogP contribution in [-0.4, -0.2) is 34.4 Å². The van der Waals surface area contributed by atoms with Gasteiger partial charge in [0.1, 0.15) is 12.2 Å². The second-order valence-electron chi connectivity index (χ2n) is 7.72. The molecule has 5 unspecified atom stereocenters. The third-order valence-electron chi connectivity index (χ3n) is 5.70. The number of benzene rings is 1. The number of amides is 1. The molecule has 1 aromatic carbocycles. The molecule has 6 heteroatoms. The molecule has 0 spiro atoms. The van der Waals surface area contributed by atoms with Crippen molar-refractivity contribution in [1.29, 1.82) is 0 Å². The fourth-order valence-electron chi connectivity index (χ4n) is 4.43. The topological polar surface area (TPSA) is 84.0 Å². The fourth-order valence-corrected chi connectivity index (χ4v) is 4.43. The first-order valence-electron chi connectivity index (χ1n) is 9.69. The summed E-state index contributed by atoms with van der Waals surface area (Å²) in [5, 5.41) is 6.48. The highest BCUT2D eigenvalue weighted by Crippen LogP contribution is 2.42. The number of carbonyl (C=O) groups is 2. The Balaban J connectivity index is 1.67. The van der Waals surface area contributed by atoms with Gasteiger partial charge in [0.15, 0.2) is 5.78 Å². The van der Waals surface area contributed by atoms with Crippen LogP contribution in [0.3, 0.4) is 0 Å². The van der Waals surface area contributed by atoms with Gasteiger partial charge < -0.3 is 5.32 Å². The number of ketones is 1. The average molecular weight is 376 g/mol. The number of piperidine rings is 2. The molecule has 2 saturated heterocycles. The second-order valence-corrected chi connectivity index (χ2v) is 7.72. The van der Waals surface area contributed by atoms with E-state index in [2.05, 4.69) is 27.5 Å². The van der Waals surface area contributed by atoms with E-state index >= 15 is 0 Å². The van der Waals surface area contributed by atoms with Crippen molar-refractivity contribution in [2.75, 3.05) is 6.54 Å². The van der Waals surface area contributed by atoms with Gasteiger partial charge in [-0.25, -0.2) is 9.97 Å². The molecular weight excluding hydrogens is 352 g/mol. The summed E-state index contributed by atoms with van der Waals surface area (Å²) in [7, 11) is 0. The van der Waals surface area contributed by atoms with Crippen LogP contribution in [-0.2, 0) is 9.59 Å². The van der Waals surface area contributed by atoms with E-state index in [1.54, 1.807) is 18.5 Å². The zero-order valence-electron chi connectivity index (χ0n) is 15.8. The van der Waals surface area contributed by atoms with E-state index in [1.165, 1.54) is 12.4 Å². The molecular formula is C22H24N4O2. The smallest absolute Gasteiger partial charge is 0.232 e. The van der Waals surface area contributed by atoms with Gasteiger partial charge in [-0.1, -0.05) is 37.3 Å². The predicted octanol–water partition coefficient (Wildman–Crippen LogP) is 2.16. The molecule has 6 nitrogen and oxygen atoms in total. The number of fused-ring (bicyclic) bond motifs is 1. The van der Waals surface area contributed by atoms with Crippen LogP contribution in [0.25, 0.3) is 6.08 Å². The van der Waals surface area contributed by atoms with Crippen molar-refractivity contribution in [1.82, 2.24) is 20.6 Å². The molecule has 2 aliphatic rings. The standard InChI is InChI=1S/C22H24N4O2/c1-14-9-17-19(16-5-3-2-4-6-16)20(22(28)26-21(17)25-10-14)18(27)8-7-15-11-23-13-24-12-15/h2-8,11-14,17,19-21,25H,9-10H2,1H3,(H,26,28)/b8-7+. The first-order valence-corrected chi connectivity index (χ1v) is 9.69. The van der Waals surface area contributed by atoms with Gasteiger partial charge in [-0.15, -0.1) is 0 Å². The summed E-state index contributed by atoms with van der Waals surface area (Å²) in [4.78, 5) is 34.0. The zero-order valence-corrected chi connectivity index (χ0v) is 15.8. The third kappa shape index (κ3) is 3.73. The summed E-state index contributed by atoms with van der Waals surface area (Å²) >= 11 is 0. The third-order valence-corrected chi connectivity index (χ3v) is 5.70. The van der Waals surface area contributed by atoms with E-state index in [-0.39, 0.29) is 29.7 Å². The summed E-state index contributed by atoms with van der Waals surface area (Å²) in [5.41, 5.74) is 1.77. The Morgan fingerprint density at radius 1 is 1.18 bits per heavy atom. The maximum absolute atomic E-state index is 13.1. The van der Waals surface area contributed by atoms with E-state index in [4.69, 9.17) is 0 Å². The highest BCUT2D eigenvalue weighted by atomic mass is 16.2. The molecule has 1 aromatic heterocycles. The monoisotopic (exact) mass is 376 g/mol. The van der Waals surface area contributed by atoms with Crippen LogP contribution >= 0.6 is 0 Å². The molecule has 0 aliphatic carbocycles. The Hall–Kier alpha value is -2.86. The van der Waals surface area contributed by atoms with Gasteiger partial charge in [0, 0.05) is 29.8 Å². The van der Waals surface area contributed by atoms with E-state index in [0.717, 1.165) is 24.1 Å². The van der Waals surface area contributed by atoms with Crippen LogP contribution < -0.4 is 10.6 Å². The van der Waals surface area contributed by atoms with Crippen molar-refractivity contribution in [2.24, 2.45) is 17.8 Å². The van der Waals surface area contributed by atoms with E-state index in [9.17, 15) is 9.59 Å². The summed E-state index contributed by atoms with van der Waals surface area (Å²) in [6.07, 6.45) is 8.74. The van der Waals surface area contributed by atoms with Crippen molar-refractivity contribution in [2.45, 2.75) is 25.4 Å². The summed E-state index contributed by atoms with van der Waals surface area (Å²) < 4.78 is 0. The molecule has 1 amide bonds. The SMILES string of the molecule is CC1CNC2NC(=O)C(C(=O)/C=C/c3cncnc3)C(c3ccccc3)C2C1. The molecule has 3 heterocycles. The maximum Gasteiger partial charge on any atom is 0.232 e. The quantitative estimate of drug-likeness (QED) is 0.631. The Morgan fingerprint density at radius 3 is 2.68 bits per heavy atom. The number of nitrogens with zero attached hydrogens (tertiary/aromatic N) is 2. The Labute approximate surface area is 164 Å². The summed E-state index contributed by atoms with van der Waals surface area (Å²) in [6, 6.07) is 9.94. The molecule has 4 rings (SSSR count).